The van der Waals surface area contributed by atoms with E-state index in [4.69, 9.17) is 23.8 Å². The molecule has 2 fully saturated rings. The Kier molecular flexibility index (Phi) is 5.42. The van der Waals surface area contributed by atoms with Crippen LogP contribution in [0.15, 0.2) is 29.2 Å². The Morgan fingerprint density at radius 2 is 2.04 bits per heavy atom. The molecule has 0 saturated carbocycles. The third-order valence-electron chi connectivity index (χ3n) is 4.28. The summed E-state index contributed by atoms with van der Waals surface area (Å²) in [6.45, 7) is 4.93. The van der Waals surface area contributed by atoms with Crippen molar-refractivity contribution in [1.29, 1.82) is 0 Å². The number of amides is 1. The van der Waals surface area contributed by atoms with Gasteiger partial charge < -0.3 is 0 Å². The van der Waals surface area contributed by atoms with Crippen LogP contribution in [0.1, 0.15) is 25.3 Å². The van der Waals surface area contributed by atoms with Gasteiger partial charge in [-0.1, -0.05) is 60.7 Å². The lowest BCUT2D eigenvalue weighted by molar-refractivity contribution is -0.123. The first-order valence-electron chi connectivity index (χ1n) is 7.77. The molecule has 23 heavy (non-hydrogen) atoms. The number of piperidine rings is 1. The summed E-state index contributed by atoms with van der Waals surface area (Å²) in [5, 5.41) is 0.641. The lowest BCUT2D eigenvalue weighted by Crippen LogP contribution is -2.43. The van der Waals surface area contributed by atoms with Crippen LogP contribution in [0, 0.1) is 5.92 Å². The molecule has 0 spiro atoms. The molecule has 0 bridgehead atoms. The van der Waals surface area contributed by atoms with E-state index in [1.54, 1.807) is 4.90 Å². The number of thiocarbonyl (C=S) groups is 1. The summed E-state index contributed by atoms with van der Waals surface area (Å²) in [7, 11) is 0. The van der Waals surface area contributed by atoms with Gasteiger partial charge in [0.15, 0.2) is 0 Å². The number of hydrogen-bond acceptors (Lipinski definition) is 4. The van der Waals surface area contributed by atoms with Gasteiger partial charge in [-0.15, -0.1) is 0 Å². The monoisotopic (exact) mass is 366 g/mol. The summed E-state index contributed by atoms with van der Waals surface area (Å²) in [6.07, 6.45) is 4.20. The fourth-order valence-corrected chi connectivity index (χ4v) is 4.18. The molecule has 3 nitrogen and oxygen atoms in total. The van der Waals surface area contributed by atoms with Crippen LogP contribution in [0.5, 0.6) is 0 Å². The molecule has 0 unspecified atom stereocenters. The fraction of sp³-hybridized carbons (Fsp3) is 0.412. The van der Waals surface area contributed by atoms with Crippen molar-refractivity contribution in [1.82, 2.24) is 9.80 Å². The Morgan fingerprint density at radius 3 is 2.74 bits per heavy atom. The molecule has 0 atom stereocenters. The SMILES string of the molecule is CC1CCN(CN2C(=O)/C(=C/c3ccccc3Cl)SC2=S)CC1. The average Bonchev–Trinajstić information content (AvgIpc) is 2.79. The van der Waals surface area contributed by atoms with Crippen LogP contribution in [-0.2, 0) is 4.79 Å². The molecular formula is C17H19ClN2OS2. The van der Waals surface area contributed by atoms with E-state index in [1.165, 1.54) is 24.6 Å². The molecular weight excluding hydrogens is 348 g/mol. The van der Waals surface area contributed by atoms with Gasteiger partial charge in [0.1, 0.15) is 4.32 Å². The zero-order valence-corrected chi connectivity index (χ0v) is 15.4. The Labute approximate surface area is 151 Å². The number of halogens is 1. The Balaban J connectivity index is 1.71. The van der Waals surface area contributed by atoms with Crippen molar-refractivity contribution >= 4 is 51.9 Å². The molecule has 2 saturated heterocycles. The molecule has 122 valence electrons. The van der Waals surface area contributed by atoms with Crippen LogP contribution in [0.25, 0.3) is 6.08 Å². The van der Waals surface area contributed by atoms with Gasteiger partial charge in [0.2, 0.25) is 0 Å². The van der Waals surface area contributed by atoms with Gasteiger partial charge >= 0.3 is 0 Å². The minimum Gasteiger partial charge on any atom is -0.286 e. The summed E-state index contributed by atoms with van der Waals surface area (Å²) < 4.78 is 0.631. The Hall–Kier alpha value is -0.880. The summed E-state index contributed by atoms with van der Waals surface area (Å²) in [5.41, 5.74) is 0.849. The first-order valence-corrected chi connectivity index (χ1v) is 9.37. The van der Waals surface area contributed by atoms with Crippen molar-refractivity contribution < 1.29 is 4.79 Å². The lowest BCUT2D eigenvalue weighted by Gasteiger charge is -2.32. The normalized spacial score (nSPS) is 22.3. The number of likely N-dealkylation sites (tertiary alicyclic amines) is 1. The zero-order valence-electron chi connectivity index (χ0n) is 13.0. The molecule has 1 aromatic carbocycles. The van der Waals surface area contributed by atoms with Crippen LogP contribution < -0.4 is 0 Å². The van der Waals surface area contributed by atoms with E-state index in [0.29, 0.717) is 20.9 Å². The fourth-order valence-electron chi connectivity index (χ4n) is 2.76. The van der Waals surface area contributed by atoms with E-state index in [0.717, 1.165) is 24.6 Å². The minimum atomic E-state index is -0.0152. The number of carbonyl (C=O) groups is 1. The van der Waals surface area contributed by atoms with Gasteiger partial charge in [-0.25, -0.2) is 0 Å². The number of nitrogens with zero attached hydrogens (tertiary/aromatic N) is 2. The van der Waals surface area contributed by atoms with Crippen molar-refractivity contribution in [3.63, 3.8) is 0 Å². The van der Waals surface area contributed by atoms with Gasteiger partial charge in [-0.05, 0) is 36.5 Å². The predicted molar refractivity (Wildman–Crippen MR) is 101 cm³/mol. The molecule has 2 aliphatic rings. The van der Waals surface area contributed by atoms with Crippen LogP contribution in [0.3, 0.4) is 0 Å². The number of thioether (sulfide) groups is 1. The molecule has 1 amide bonds. The van der Waals surface area contributed by atoms with Crippen molar-refractivity contribution in [3.8, 4) is 0 Å². The topological polar surface area (TPSA) is 23.6 Å². The number of carbonyl (C=O) groups excluding carboxylic acids is 1. The van der Waals surface area contributed by atoms with Crippen LogP contribution in [-0.4, -0.2) is 39.8 Å². The van der Waals surface area contributed by atoms with E-state index < -0.39 is 0 Å². The first-order chi connectivity index (χ1) is 11.0. The third kappa shape index (κ3) is 3.97. The van der Waals surface area contributed by atoms with Crippen molar-refractivity contribution in [2.45, 2.75) is 19.8 Å². The van der Waals surface area contributed by atoms with E-state index in [2.05, 4.69) is 11.8 Å². The van der Waals surface area contributed by atoms with E-state index in [-0.39, 0.29) is 5.91 Å². The molecule has 1 aromatic rings. The average molecular weight is 367 g/mol. The maximum atomic E-state index is 12.6. The minimum absolute atomic E-state index is 0.0152. The van der Waals surface area contributed by atoms with E-state index >= 15 is 0 Å². The number of hydrogen-bond donors (Lipinski definition) is 0. The van der Waals surface area contributed by atoms with E-state index in [9.17, 15) is 4.79 Å². The second kappa shape index (κ2) is 7.34. The molecule has 0 N–H and O–H groups in total. The molecule has 2 aliphatic heterocycles. The van der Waals surface area contributed by atoms with Gasteiger partial charge in [0, 0.05) is 18.1 Å². The highest BCUT2D eigenvalue weighted by Gasteiger charge is 2.33. The van der Waals surface area contributed by atoms with Crippen LogP contribution >= 0.6 is 35.6 Å². The molecule has 6 heteroatoms. The Morgan fingerprint density at radius 1 is 1.35 bits per heavy atom. The van der Waals surface area contributed by atoms with Gasteiger partial charge in [0.25, 0.3) is 5.91 Å². The molecule has 0 radical (unpaired) electrons. The number of rotatable bonds is 3. The molecule has 2 heterocycles. The lowest BCUT2D eigenvalue weighted by atomic mass is 10.00. The third-order valence-corrected chi connectivity index (χ3v) is 6.01. The smallest absolute Gasteiger partial charge is 0.267 e. The number of benzene rings is 1. The summed E-state index contributed by atoms with van der Waals surface area (Å²) in [5.74, 6) is 0.760. The standard InChI is InChI=1S/C17H19ClN2OS2/c1-12-6-8-19(9-7-12)11-20-16(21)15(23-17(20)22)10-13-4-2-3-5-14(13)18/h2-5,10,12H,6-9,11H2,1H3/b15-10-. The molecule has 3 rings (SSSR count). The summed E-state index contributed by atoms with van der Waals surface area (Å²) in [4.78, 5) is 17.3. The Bertz CT molecular complexity index is 654. The largest absolute Gasteiger partial charge is 0.286 e. The summed E-state index contributed by atoms with van der Waals surface area (Å²) >= 11 is 12.9. The maximum absolute atomic E-state index is 12.6. The quantitative estimate of drug-likeness (QED) is 0.590. The van der Waals surface area contributed by atoms with Gasteiger partial charge in [0.05, 0.1) is 11.6 Å². The van der Waals surface area contributed by atoms with Gasteiger partial charge in [-0.3, -0.25) is 14.6 Å². The van der Waals surface area contributed by atoms with E-state index in [1.807, 2.05) is 30.3 Å². The maximum Gasteiger partial charge on any atom is 0.267 e. The highest BCUT2D eigenvalue weighted by Crippen LogP contribution is 2.34. The summed E-state index contributed by atoms with van der Waals surface area (Å²) in [6, 6.07) is 7.51. The highest BCUT2D eigenvalue weighted by molar-refractivity contribution is 8.26. The van der Waals surface area contributed by atoms with Crippen molar-refractivity contribution in [3.05, 3.63) is 39.8 Å². The molecule has 0 aromatic heterocycles. The molecule has 0 aliphatic carbocycles. The van der Waals surface area contributed by atoms with Crippen molar-refractivity contribution in [2.75, 3.05) is 19.8 Å². The van der Waals surface area contributed by atoms with Crippen molar-refractivity contribution in [2.24, 2.45) is 5.92 Å². The second-order valence-corrected chi connectivity index (χ2v) is 8.16. The van der Waals surface area contributed by atoms with Gasteiger partial charge in [-0.2, -0.15) is 0 Å². The predicted octanol–water partition coefficient (Wildman–Crippen LogP) is 4.23. The van der Waals surface area contributed by atoms with Crippen LogP contribution in [0.4, 0.5) is 0 Å². The highest BCUT2D eigenvalue weighted by atomic mass is 35.5. The first kappa shape index (κ1) is 17.0. The second-order valence-electron chi connectivity index (χ2n) is 6.07. The van der Waals surface area contributed by atoms with Crippen LogP contribution in [0.2, 0.25) is 5.02 Å². The zero-order chi connectivity index (χ0) is 16.4.